The molecule has 2 N–H and O–H groups in total. The number of rotatable bonds is 3. The molecule has 0 fully saturated rings. The molecular weight excluding hydrogens is 326 g/mol. The topological polar surface area (TPSA) is 92.3 Å². The van der Waals surface area contributed by atoms with E-state index in [1.807, 2.05) is 31.2 Å². The highest BCUT2D eigenvalue weighted by atomic mass is 35.5. The molecule has 3 aromatic heterocycles. The summed E-state index contributed by atoms with van der Waals surface area (Å²) in [7, 11) is 0. The maximum absolute atomic E-state index is 6.26. The first kappa shape index (κ1) is 14.5. The predicted octanol–water partition coefficient (Wildman–Crippen LogP) is 3.52. The van der Waals surface area contributed by atoms with Gasteiger partial charge in [0.05, 0.1) is 16.1 Å². The number of para-hydroxylation sites is 1. The van der Waals surface area contributed by atoms with E-state index < -0.39 is 0 Å². The molecule has 0 bridgehead atoms. The number of nitrogens with zero attached hydrogens (tertiary/aromatic N) is 5. The van der Waals surface area contributed by atoms with E-state index in [1.165, 1.54) is 0 Å². The molecule has 4 rings (SSSR count). The Morgan fingerprint density at radius 3 is 2.75 bits per heavy atom. The lowest BCUT2D eigenvalue weighted by atomic mass is 10.2. The van der Waals surface area contributed by atoms with Crippen LogP contribution < -0.4 is 5.32 Å². The van der Waals surface area contributed by atoms with E-state index in [2.05, 4.69) is 35.5 Å². The van der Waals surface area contributed by atoms with Crippen molar-refractivity contribution in [1.82, 2.24) is 30.1 Å². The Morgan fingerprint density at radius 1 is 1.08 bits per heavy atom. The Labute approximate surface area is 142 Å². The van der Waals surface area contributed by atoms with Crippen molar-refractivity contribution in [3.63, 3.8) is 0 Å². The van der Waals surface area contributed by atoms with Crippen molar-refractivity contribution in [2.45, 2.75) is 6.92 Å². The fourth-order valence-electron chi connectivity index (χ4n) is 2.34. The second kappa shape index (κ2) is 5.86. The predicted molar refractivity (Wildman–Crippen MR) is 92.2 cm³/mol. The zero-order chi connectivity index (χ0) is 16.5. The quantitative estimate of drug-likeness (QED) is 0.594. The van der Waals surface area contributed by atoms with E-state index in [0.717, 1.165) is 10.9 Å². The number of hydrogen-bond donors (Lipinski definition) is 2. The Kier molecular flexibility index (Phi) is 3.55. The van der Waals surface area contributed by atoms with Gasteiger partial charge in [0.15, 0.2) is 5.82 Å². The van der Waals surface area contributed by atoms with Gasteiger partial charge in [0, 0.05) is 17.8 Å². The molecule has 0 saturated carbocycles. The van der Waals surface area contributed by atoms with Crippen LogP contribution >= 0.6 is 11.6 Å². The molecule has 4 aromatic rings. The minimum Gasteiger partial charge on any atom is -0.307 e. The summed E-state index contributed by atoms with van der Waals surface area (Å²) in [6.07, 6.45) is 3.27. The van der Waals surface area contributed by atoms with Crippen molar-refractivity contribution in [2.24, 2.45) is 0 Å². The van der Waals surface area contributed by atoms with Gasteiger partial charge in [-0.15, -0.1) is 5.10 Å². The first-order valence-electron chi connectivity index (χ1n) is 7.23. The molecule has 0 radical (unpaired) electrons. The molecule has 0 aliphatic carbocycles. The molecule has 0 aliphatic rings. The highest BCUT2D eigenvalue weighted by Crippen LogP contribution is 2.29. The molecule has 118 valence electrons. The standard InChI is InChI=1S/C16H12ClN7/c1-9-19-16(24-23-9)22-14-10-4-2-3-5-13(10)20-15(21-14)11-8-18-7-6-12(11)17/h2-8H,1H3,(H2,19,20,21,22,23,24). The monoisotopic (exact) mass is 337 g/mol. The lowest BCUT2D eigenvalue weighted by molar-refractivity contribution is 1.04. The van der Waals surface area contributed by atoms with Crippen LogP contribution in [0.15, 0.2) is 42.7 Å². The number of pyridine rings is 1. The zero-order valence-corrected chi connectivity index (χ0v) is 13.4. The lowest BCUT2D eigenvalue weighted by Gasteiger charge is -2.09. The van der Waals surface area contributed by atoms with Crippen LogP contribution in [0.1, 0.15) is 5.82 Å². The number of halogens is 1. The van der Waals surface area contributed by atoms with Crippen molar-refractivity contribution < 1.29 is 0 Å². The Hall–Kier alpha value is -3.06. The molecule has 0 atom stereocenters. The number of nitrogens with one attached hydrogen (secondary N) is 2. The van der Waals surface area contributed by atoms with E-state index in [9.17, 15) is 0 Å². The summed E-state index contributed by atoms with van der Waals surface area (Å²) in [6.45, 7) is 1.83. The van der Waals surface area contributed by atoms with Crippen LogP contribution in [0.4, 0.5) is 11.8 Å². The molecule has 0 aliphatic heterocycles. The van der Waals surface area contributed by atoms with E-state index >= 15 is 0 Å². The molecule has 8 heteroatoms. The van der Waals surface area contributed by atoms with Crippen molar-refractivity contribution in [3.8, 4) is 11.4 Å². The number of hydrogen-bond acceptors (Lipinski definition) is 6. The van der Waals surface area contributed by atoms with Crippen LogP contribution in [0.3, 0.4) is 0 Å². The Bertz CT molecular complexity index is 1030. The number of benzene rings is 1. The normalized spacial score (nSPS) is 10.9. The van der Waals surface area contributed by atoms with Crippen molar-refractivity contribution >= 4 is 34.3 Å². The molecule has 0 spiro atoms. The van der Waals surface area contributed by atoms with Crippen molar-refractivity contribution in [2.75, 3.05) is 5.32 Å². The van der Waals surface area contributed by atoms with Gasteiger partial charge >= 0.3 is 0 Å². The van der Waals surface area contributed by atoms with E-state index in [-0.39, 0.29) is 0 Å². The summed E-state index contributed by atoms with van der Waals surface area (Å²) < 4.78 is 0. The molecule has 0 saturated heterocycles. The van der Waals surface area contributed by atoms with Gasteiger partial charge in [-0.25, -0.2) is 9.97 Å². The highest BCUT2D eigenvalue weighted by molar-refractivity contribution is 6.33. The van der Waals surface area contributed by atoms with Gasteiger partial charge in [-0.05, 0) is 25.1 Å². The van der Waals surface area contributed by atoms with Gasteiger partial charge < -0.3 is 5.32 Å². The summed E-state index contributed by atoms with van der Waals surface area (Å²) in [4.78, 5) is 17.5. The Morgan fingerprint density at radius 2 is 1.96 bits per heavy atom. The number of H-pyrrole nitrogens is 1. The third-order valence-electron chi connectivity index (χ3n) is 3.44. The molecule has 0 unspecified atom stereocenters. The second-order valence-electron chi connectivity index (χ2n) is 5.14. The largest absolute Gasteiger partial charge is 0.307 e. The van der Waals surface area contributed by atoms with E-state index in [4.69, 9.17) is 11.6 Å². The number of aryl methyl sites for hydroxylation is 1. The van der Waals surface area contributed by atoms with Crippen molar-refractivity contribution in [3.05, 3.63) is 53.6 Å². The van der Waals surface area contributed by atoms with Crippen LogP contribution in [0.5, 0.6) is 0 Å². The number of anilines is 2. The van der Waals surface area contributed by atoms with Crippen LogP contribution in [-0.4, -0.2) is 30.1 Å². The van der Waals surface area contributed by atoms with Gasteiger partial charge in [0.25, 0.3) is 0 Å². The summed E-state index contributed by atoms with van der Waals surface area (Å²) >= 11 is 6.26. The zero-order valence-electron chi connectivity index (χ0n) is 12.7. The molecular formula is C16H12ClN7. The minimum atomic E-state index is 0.444. The van der Waals surface area contributed by atoms with Gasteiger partial charge in [-0.1, -0.05) is 23.7 Å². The molecule has 7 nitrogen and oxygen atoms in total. The van der Waals surface area contributed by atoms with Crippen LogP contribution in [-0.2, 0) is 0 Å². The second-order valence-corrected chi connectivity index (χ2v) is 5.55. The fourth-order valence-corrected chi connectivity index (χ4v) is 2.53. The van der Waals surface area contributed by atoms with Gasteiger partial charge in [0.2, 0.25) is 5.95 Å². The first-order chi connectivity index (χ1) is 11.7. The number of fused-ring (bicyclic) bond motifs is 1. The summed E-state index contributed by atoms with van der Waals surface area (Å²) in [5.74, 6) is 2.25. The number of aromatic nitrogens is 6. The molecule has 24 heavy (non-hydrogen) atoms. The molecule has 0 amide bonds. The first-order valence-corrected chi connectivity index (χ1v) is 7.61. The Balaban J connectivity index is 1.89. The maximum Gasteiger partial charge on any atom is 0.247 e. The maximum atomic E-state index is 6.26. The van der Waals surface area contributed by atoms with Gasteiger partial charge in [-0.3, -0.25) is 10.1 Å². The van der Waals surface area contributed by atoms with Crippen LogP contribution in [0.25, 0.3) is 22.3 Å². The van der Waals surface area contributed by atoms with Gasteiger partial charge in [-0.2, -0.15) is 4.98 Å². The van der Waals surface area contributed by atoms with E-state index in [0.29, 0.717) is 34.0 Å². The molecule has 1 aromatic carbocycles. The summed E-state index contributed by atoms with van der Waals surface area (Å²) in [5.41, 5.74) is 1.45. The third kappa shape index (κ3) is 2.65. The van der Waals surface area contributed by atoms with Crippen molar-refractivity contribution in [1.29, 1.82) is 0 Å². The average molecular weight is 338 g/mol. The highest BCUT2D eigenvalue weighted by Gasteiger charge is 2.13. The average Bonchev–Trinajstić information content (AvgIpc) is 3.00. The lowest BCUT2D eigenvalue weighted by Crippen LogP contribution is -2.01. The summed E-state index contributed by atoms with van der Waals surface area (Å²) in [6, 6.07) is 9.41. The van der Waals surface area contributed by atoms with Crippen LogP contribution in [0, 0.1) is 6.92 Å². The fraction of sp³-hybridized carbons (Fsp3) is 0.0625. The number of aromatic amines is 1. The smallest absolute Gasteiger partial charge is 0.247 e. The SMILES string of the molecule is Cc1nc(Nc2nc(-c3cnccc3Cl)nc3ccccc23)n[nH]1. The van der Waals surface area contributed by atoms with Gasteiger partial charge in [0.1, 0.15) is 11.6 Å². The summed E-state index contributed by atoms with van der Waals surface area (Å²) in [5, 5.41) is 11.4. The molecule has 3 heterocycles. The third-order valence-corrected chi connectivity index (χ3v) is 3.77. The van der Waals surface area contributed by atoms with Crippen LogP contribution in [0.2, 0.25) is 5.02 Å². The minimum absolute atomic E-state index is 0.444. The van der Waals surface area contributed by atoms with E-state index in [1.54, 1.807) is 18.5 Å².